The summed E-state index contributed by atoms with van der Waals surface area (Å²) in [6.45, 7) is 0.756. The van der Waals surface area contributed by atoms with E-state index < -0.39 is 57.1 Å². The molecule has 0 heterocycles. The maximum absolute atomic E-state index is 13.5. The molecule has 0 spiro atoms. The van der Waals surface area contributed by atoms with Crippen molar-refractivity contribution in [1.29, 1.82) is 0 Å². The second-order valence-corrected chi connectivity index (χ2v) is 3.57. The molecule has 0 aliphatic heterocycles. The van der Waals surface area contributed by atoms with Crippen LogP contribution in [0.25, 0.3) is 10.8 Å². The van der Waals surface area contributed by atoms with E-state index in [2.05, 4.69) is 0 Å². The van der Waals surface area contributed by atoms with Crippen LogP contribution in [0.2, 0.25) is 0 Å². The molecule has 2 aromatic carbocycles. The average Bonchev–Trinajstić information content (AvgIpc) is 2.35. The number of halogens is 7. The lowest BCUT2D eigenvalue weighted by Crippen LogP contribution is -2.05. The number of hydrogen-bond donors (Lipinski definition) is 0. The average molecular weight is 268 g/mol. The van der Waals surface area contributed by atoms with Gasteiger partial charge in [0.15, 0.2) is 34.9 Å². The number of rotatable bonds is 0. The second-order valence-electron chi connectivity index (χ2n) is 3.57. The van der Waals surface area contributed by atoms with Gasteiger partial charge in [0.2, 0.25) is 0 Å². The molecule has 0 aliphatic rings. The first-order valence-corrected chi connectivity index (χ1v) is 4.57. The molecule has 0 nitrogen and oxygen atoms in total. The van der Waals surface area contributed by atoms with E-state index in [-0.39, 0.29) is 0 Å². The zero-order valence-corrected chi connectivity index (χ0v) is 8.65. The summed E-state index contributed by atoms with van der Waals surface area (Å²) in [6.07, 6.45) is 0. The molecular weight excluding hydrogens is 265 g/mol. The minimum absolute atomic E-state index is 0.756. The van der Waals surface area contributed by atoms with Crippen LogP contribution in [0.15, 0.2) is 0 Å². The molecule has 18 heavy (non-hydrogen) atoms. The van der Waals surface area contributed by atoms with Crippen molar-refractivity contribution in [3.05, 3.63) is 46.3 Å². The smallest absolute Gasteiger partial charge is 0.198 e. The monoisotopic (exact) mass is 268 g/mol. The first-order chi connectivity index (χ1) is 8.29. The highest BCUT2D eigenvalue weighted by molar-refractivity contribution is 5.86. The summed E-state index contributed by atoms with van der Waals surface area (Å²) in [5.74, 6) is -14.4. The Morgan fingerprint density at radius 2 is 0.778 bits per heavy atom. The van der Waals surface area contributed by atoms with Crippen molar-refractivity contribution in [1.82, 2.24) is 0 Å². The lowest BCUT2D eigenvalue weighted by atomic mass is 10.0. The summed E-state index contributed by atoms with van der Waals surface area (Å²) in [6, 6.07) is 0. The summed E-state index contributed by atoms with van der Waals surface area (Å²) in [7, 11) is 0. The van der Waals surface area contributed by atoms with E-state index in [9.17, 15) is 30.7 Å². The van der Waals surface area contributed by atoms with Gasteiger partial charge in [-0.3, -0.25) is 0 Å². The highest BCUT2D eigenvalue weighted by atomic mass is 19.2. The maximum Gasteiger partial charge on any atom is 0.198 e. The predicted octanol–water partition coefficient (Wildman–Crippen LogP) is 4.12. The van der Waals surface area contributed by atoms with Gasteiger partial charge >= 0.3 is 0 Å². The fourth-order valence-corrected chi connectivity index (χ4v) is 1.60. The van der Waals surface area contributed by atoms with Gasteiger partial charge in [-0.2, -0.15) is 0 Å². The first-order valence-electron chi connectivity index (χ1n) is 4.57. The molecule has 2 rings (SSSR count). The van der Waals surface area contributed by atoms with Gasteiger partial charge in [0.1, 0.15) is 5.82 Å². The Balaban J connectivity index is 3.22. The summed E-state index contributed by atoms with van der Waals surface area (Å²) in [4.78, 5) is 0. The Morgan fingerprint density at radius 3 is 1.22 bits per heavy atom. The summed E-state index contributed by atoms with van der Waals surface area (Å²) >= 11 is 0. The van der Waals surface area contributed by atoms with Crippen molar-refractivity contribution < 1.29 is 30.7 Å². The molecule has 0 radical (unpaired) electrons. The van der Waals surface area contributed by atoms with Crippen molar-refractivity contribution in [3.63, 3.8) is 0 Å². The van der Waals surface area contributed by atoms with Gasteiger partial charge in [0, 0.05) is 5.56 Å². The van der Waals surface area contributed by atoms with Gasteiger partial charge in [-0.1, -0.05) is 0 Å². The Bertz CT molecular complexity index is 562. The SMILES string of the molecule is Cc1c(F)c(F)c2c(F)c(F)c(F)c(F)c2c1F. The van der Waals surface area contributed by atoms with Crippen LogP contribution in [-0.4, -0.2) is 0 Å². The molecule has 0 saturated heterocycles. The number of hydrogen-bond acceptors (Lipinski definition) is 0. The Kier molecular flexibility index (Phi) is 2.71. The largest absolute Gasteiger partial charge is 0.206 e. The standard InChI is InChI=1S/C11H3F7/c1-2-5(12)3-4(7(14)6(2)13)9(16)11(18)10(17)8(3)15/h1H3. The molecule has 0 unspecified atom stereocenters. The number of benzene rings is 2. The van der Waals surface area contributed by atoms with Gasteiger partial charge in [0.05, 0.1) is 10.8 Å². The van der Waals surface area contributed by atoms with E-state index >= 15 is 0 Å². The Morgan fingerprint density at radius 1 is 0.444 bits per heavy atom. The van der Waals surface area contributed by atoms with Crippen molar-refractivity contribution in [2.24, 2.45) is 0 Å². The molecule has 0 amide bonds. The second kappa shape index (κ2) is 3.86. The van der Waals surface area contributed by atoms with Crippen LogP contribution in [0, 0.1) is 47.6 Å². The van der Waals surface area contributed by atoms with Crippen LogP contribution in [0.4, 0.5) is 30.7 Å². The molecular formula is C11H3F7. The Hall–Kier alpha value is -1.79. The first kappa shape index (κ1) is 12.7. The zero-order chi connectivity index (χ0) is 13.8. The fourth-order valence-electron chi connectivity index (χ4n) is 1.60. The van der Waals surface area contributed by atoms with Crippen LogP contribution < -0.4 is 0 Å². The van der Waals surface area contributed by atoms with E-state index in [1.54, 1.807) is 0 Å². The van der Waals surface area contributed by atoms with Gasteiger partial charge in [-0.15, -0.1) is 0 Å². The summed E-state index contributed by atoms with van der Waals surface area (Å²) in [5.41, 5.74) is -0.954. The van der Waals surface area contributed by atoms with E-state index in [1.165, 1.54) is 0 Å². The van der Waals surface area contributed by atoms with Gasteiger partial charge in [-0.25, -0.2) is 30.7 Å². The molecule has 96 valence electrons. The van der Waals surface area contributed by atoms with Gasteiger partial charge < -0.3 is 0 Å². The molecule has 0 aliphatic carbocycles. The molecule has 0 atom stereocenters. The van der Waals surface area contributed by atoms with Crippen molar-refractivity contribution in [3.8, 4) is 0 Å². The maximum atomic E-state index is 13.5. The molecule has 0 bridgehead atoms. The molecule has 2 aromatic rings. The Labute approximate surface area is 95.6 Å². The third-order valence-corrected chi connectivity index (χ3v) is 2.56. The zero-order valence-electron chi connectivity index (χ0n) is 8.65. The fraction of sp³-hybridized carbons (Fsp3) is 0.0909. The normalized spacial score (nSPS) is 11.3. The summed E-state index contributed by atoms with van der Waals surface area (Å²) in [5, 5.41) is -3.05. The van der Waals surface area contributed by atoms with Crippen LogP contribution in [0.3, 0.4) is 0 Å². The van der Waals surface area contributed by atoms with Crippen LogP contribution in [-0.2, 0) is 0 Å². The van der Waals surface area contributed by atoms with E-state index in [0.29, 0.717) is 0 Å². The van der Waals surface area contributed by atoms with Crippen molar-refractivity contribution in [2.45, 2.75) is 6.92 Å². The molecule has 0 N–H and O–H groups in total. The predicted molar refractivity (Wildman–Crippen MR) is 48.4 cm³/mol. The molecule has 0 saturated carbocycles. The molecule has 7 heteroatoms. The van der Waals surface area contributed by atoms with E-state index in [0.717, 1.165) is 6.92 Å². The van der Waals surface area contributed by atoms with Crippen molar-refractivity contribution in [2.75, 3.05) is 0 Å². The number of fused-ring (bicyclic) bond motifs is 1. The third kappa shape index (κ3) is 1.39. The highest BCUT2D eigenvalue weighted by Crippen LogP contribution is 2.33. The minimum atomic E-state index is -2.33. The minimum Gasteiger partial charge on any atom is -0.206 e. The van der Waals surface area contributed by atoms with Crippen LogP contribution in [0.1, 0.15) is 5.56 Å². The van der Waals surface area contributed by atoms with Gasteiger partial charge in [0.25, 0.3) is 0 Å². The molecule has 0 aromatic heterocycles. The third-order valence-electron chi connectivity index (χ3n) is 2.56. The lowest BCUT2D eigenvalue weighted by molar-refractivity contribution is 0.411. The van der Waals surface area contributed by atoms with E-state index in [1.807, 2.05) is 0 Å². The summed E-state index contributed by atoms with van der Waals surface area (Å²) < 4.78 is 92.3. The molecule has 0 fully saturated rings. The van der Waals surface area contributed by atoms with Crippen LogP contribution in [0.5, 0.6) is 0 Å². The highest BCUT2D eigenvalue weighted by Gasteiger charge is 2.28. The van der Waals surface area contributed by atoms with Crippen LogP contribution >= 0.6 is 0 Å². The van der Waals surface area contributed by atoms with Crippen molar-refractivity contribution >= 4 is 10.8 Å². The quantitative estimate of drug-likeness (QED) is 0.383. The van der Waals surface area contributed by atoms with E-state index in [4.69, 9.17) is 0 Å². The lowest BCUT2D eigenvalue weighted by Gasteiger charge is -2.09. The van der Waals surface area contributed by atoms with Gasteiger partial charge in [-0.05, 0) is 6.92 Å². The topological polar surface area (TPSA) is 0 Å².